The zero-order valence-electron chi connectivity index (χ0n) is 12.0. The fourth-order valence-electron chi connectivity index (χ4n) is 3.39. The van der Waals surface area contributed by atoms with Crippen molar-refractivity contribution in [1.29, 1.82) is 0 Å². The number of nitrogens with zero attached hydrogens (tertiary/aromatic N) is 3. The molecular formula is C16H18N4O. The number of benzene rings is 1. The highest BCUT2D eigenvalue weighted by molar-refractivity contribution is 5.74. The minimum atomic E-state index is -0.151. The lowest BCUT2D eigenvalue weighted by Gasteiger charge is -2.30. The maximum atomic E-state index is 5.70. The summed E-state index contributed by atoms with van der Waals surface area (Å²) in [6.07, 6.45) is 4.76. The number of aliphatic imine (C=N–C) groups is 1. The van der Waals surface area contributed by atoms with Crippen LogP contribution in [0.1, 0.15) is 17.5 Å². The van der Waals surface area contributed by atoms with E-state index in [1.807, 2.05) is 24.0 Å². The van der Waals surface area contributed by atoms with Crippen molar-refractivity contribution in [2.24, 2.45) is 17.8 Å². The van der Waals surface area contributed by atoms with Crippen LogP contribution in [0.4, 0.5) is 0 Å². The molecule has 0 saturated carbocycles. The molecule has 1 aromatic heterocycles. The quantitative estimate of drug-likeness (QED) is 0.865. The van der Waals surface area contributed by atoms with Crippen molar-refractivity contribution >= 4 is 6.02 Å². The third kappa shape index (κ3) is 2.00. The summed E-state index contributed by atoms with van der Waals surface area (Å²) >= 11 is 0. The molecule has 0 radical (unpaired) electrons. The summed E-state index contributed by atoms with van der Waals surface area (Å²) in [5.74, 6) is 0. The number of rotatable bonds is 1. The maximum absolute atomic E-state index is 5.70. The molecule has 5 heteroatoms. The number of aromatic nitrogens is 2. The largest absolute Gasteiger partial charge is 0.463 e. The van der Waals surface area contributed by atoms with E-state index in [0.717, 1.165) is 25.0 Å². The first-order chi connectivity index (χ1) is 10.2. The Kier molecular flexibility index (Phi) is 2.58. The van der Waals surface area contributed by atoms with Crippen LogP contribution < -0.4 is 5.73 Å². The van der Waals surface area contributed by atoms with Crippen molar-refractivity contribution < 1.29 is 4.74 Å². The van der Waals surface area contributed by atoms with E-state index in [0.29, 0.717) is 12.6 Å². The zero-order valence-corrected chi connectivity index (χ0v) is 12.0. The van der Waals surface area contributed by atoms with E-state index in [1.165, 1.54) is 16.7 Å². The van der Waals surface area contributed by atoms with E-state index in [-0.39, 0.29) is 5.54 Å². The predicted molar refractivity (Wildman–Crippen MR) is 81.0 cm³/mol. The lowest BCUT2D eigenvalue weighted by molar-refractivity contribution is 0.235. The van der Waals surface area contributed by atoms with Crippen molar-refractivity contribution in [3.63, 3.8) is 0 Å². The Morgan fingerprint density at radius 2 is 2.19 bits per heavy atom. The SMILES string of the molecule is Cn1nccc1-c1ccc2c(c1)CC1(CC2)COC(N)=N1. The van der Waals surface area contributed by atoms with Crippen LogP contribution in [0, 0.1) is 0 Å². The standard InChI is InChI=1S/C16H18N4O/c1-20-14(5-7-18-20)12-3-2-11-4-6-16(9-13(11)8-12)10-21-15(17)19-16/h2-3,5,7-8H,4,6,9-10H2,1H3,(H2,17,19). The Bertz CT molecular complexity index is 734. The van der Waals surface area contributed by atoms with E-state index in [9.17, 15) is 0 Å². The van der Waals surface area contributed by atoms with Crippen LogP contribution in [0.3, 0.4) is 0 Å². The van der Waals surface area contributed by atoms with Crippen LogP contribution in [-0.4, -0.2) is 27.9 Å². The fourth-order valence-corrected chi connectivity index (χ4v) is 3.39. The molecule has 2 heterocycles. The normalized spacial score (nSPS) is 23.8. The van der Waals surface area contributed by atoms with Gasteiger partial charge in [-0.3, -0.25) is 4.68 Å². The van der Waals surface area contributed by atoms with E-state index < -0.39 is 0 Å². The fraction of sp³-hybridized carbons (Fsp3) is 0.375. The Balaban J connectivity index is 1.73. The lowest BCUT2D eigenvalue weighted by Crippen LogP contribution is -2.35. The molecule has 0 bridgehead atoms. The second-order valence-electron chi connectivity index (χ2n) is 5.96. The highest BCUT2D eigenvalue weighted by Crippen LogP contribution is 2.36. The van der Waals surface area contributed by atoms with Gasteiger partial charge in [-0.1, -0.05) is 12.1 Å². The van der Waals surface area contributed by atoms with Gasteiger partial charge in [-0.25, -0.2) is 4.99 Å². The molecule has 1 unspecified atom stereocenters. The number of aryl methyl sites for hydroxylation is 2. The molecule has 0 amide bonds. The second-order valence-corrected chi connectivity index (χ2v) is 5.96. The van der Waals surface area contributed by atoms with Gasteiger partial charge >= 0.3 is 0 Å². The average Bonchev–Trinajstić information content (AvgIpc) is 3.05. The van der Waals surface area contributed by atoms with E-state index >= 15 is 0 Å². The number of nitrogens with two attached hydrogens (primary N) is 1. The highest BCUT2D eigenvalue weighted by atomic mass is 16.5. The van der Waals surface area contributed by atoms with Gasteiger partial charge < -0.3 is 10.5 Å². The Morgan fingerprint density at radius 1 is 1.29 bits per heavy atom. The number of hydrogen-bond acceptors (Lipinski definition) is 4. The van der Waals surface area contributed by atoms with Crippen molar-refractivity contribution in [3.8, 4) is 11.3 Å². The number of ether oxygens (including phenoxy) is 1. The first kappa shape index (κ1) is 12.4. The third-order valence-corrected chi connectivity index (χ3v) is 4.54. The molecule has 1 spiro atoms. The molecule has 0 fully saturated rings. The number of amidine groups is 1. The summed E-state index contributed by atoms with van der Waals surface area (Å²) in [7, 11) is 1.96. The zero-order chi connectivity index (χ0) is 14.4. The summed E-state index contributed by atoms with van der Waals surface area (Å²) < 4.78 is 7.29. The molecule has 1 aliphatic carbocycles. The summed E-state index contributed by atoms with van der Waals surface area (Å²) in [5, 5.41) is 4.24. The Morgan fingerprint density at radius 3 is 2.90 bits per heavy atom. The van der Waals surface area contributed by atoms with E-state index in [2.05, 4.69) is 28.3 Å². The number of fused-ring (bicyclic) bond motifs is 1. The van der Waals surface area contributed by atoms with Gasteiger partial charge in [0, 0.05) is 25.2 Å². The van der Waals surface area contributed by atoms with Gasteiger partial charge in [0.1, 0.15) is 12.1 Å². The van der Waals surface area contributed by atoms with Crippen LogP contribution in [0.5, 0.6) is 0 Å². The van der Waals surface area contributed by atoms with Crippen molar-refractivity contribution in [3.05, 3.63) is 41.6 Å². The van der Waals surface area contributed by atoms with Crippen LogP contribution in [-0.2, 0) is 24.6 Å². The second kappa shape index (κ2) is 4.35. The molecule has 2 aromatic rings. The first-order valence-electron chi connectivity index (χ1n) is 7.24. The van der Waals surface area contributed by atoms with Gasteiger partial charge in [0.05, 0.1) is 5.69 Å². The van der Waals surface area contributed by atoms with Crippen molar-refractivity contribution in [2.75, 3.05) is 6.61 Å². The summed E-state index contributed by atoms with van der Waals surface area (Å²) in [5.41, 5.74) is 10.6. The minimum absolute atomic E-state index is 0.151. The summed E-state index contributed by atoms with van der Waals surface area (Å²) in [6, 6.07) is 9.04. The Labute approximate surface area is 123 Å². The molecular weight excluding hydrogens is 264 g/mol. The molecule has 5 nitrogen and oxygen atoms in total. The van der Waals surface area contributed by atoms with Crippen LogP contribution in [0.2, 0.25) is 0 Å². The number of hydrogen-bond donors (Lipinski definition) is 1. The molecule has 1 aliphatic heterocycles. The first-order valence-corrected chi connectivity index (χ1v) is 7.24. The monoisotopic (exact) mass is 282 g/mol. The van der Waals surface area contributed by atoms with E-state index in [4.69, 9.17) is 10.5 Å². The highest BCUT2D eigenvalue weighted by Gasteiger charge is 2.39. The molecule has 108 valence electrons. The van der Waals surface area contributed by atoms with Gasteiger partial charge in [-0.05, 0) is 36.1 Å². The van der Waals surface area contributed by atoms with Gasteiger partial charge in [-0.2, -0.15) is 5.10 Å². The van der Waals surface area contributed by atoms with Crippen LogP contribution in [0.15, 0.2) is 35.5 Å². The molecule has 4 rings (SSSR count). The molecule has 0 saturated heterocycles. The Hall–Kier alpha value is -2.30. The molecule has 1 aromatic carbocycles. The van der Waals surface area contributed by atoms with Gasteiger partial charge in [0.2, 0.25) is 0 Å². The maximum Gasteiger partial charge on any atom is 0.282 e. The summed E-state index contributed by atoms with van der Waals surface area (Å²) in [6.45, 7) is 0.605. The molecule has 1 atom stereocenters. The average molecular weight is 282 g/mol. The van der Waals surface area contributed by atoms with Crippen molar-refractivity contribution in [2.45, 2.75) is 24.8 Å². The van der Waals surface area contributed by atoms with E-state index in [1.54, 1.807) is 0 Å². The topological polar surface area (TPSA) is 65.4 Å². The summed E-state index contributed by atoms with van der Waals surface area (Å²) in [4.78, 5) is 4.54. The third-order valence-electron chi connectivity index (χ3n) is 4.54. The van der Waals surface area contributed by atoms with Crippen LogP contribution >= 0.6 is 0 Å². The van der Waals surface area contributed by atoms with Gasteiger partial charge in [0.15, 0.2) is 0 Å². The molecule has 2 aliphatic rings. The lowest BCUT2D eigenvalue weighted by atomic mass is 9.78. The van der Waals surface area contributed by atoms with Crippen LogP contribution in [0.25, 0.3) is 11.3 Å². The smallest absolute Gasteiger partial charge is 0.282 e. The van der Waals surface area contributed by atoms with Gasteiger partial charge in [-0.15, -0.1) is 0 Å². The molecule has 2 N–H and O–H groups in total. The van der Waals surface area contributed by atoms with Gasteiger partial charge in [0.25, 0.3) is 6.02 Å². The van der Waals surface area contributed by atoms with Crippen molar-refractivity contribution in [1.82, 2.24) is 9.78 Å². The minimum Gasteiger partial charge on any atom is -0.463 e. The molecule has 21 heavy (non-hydrogen) atoms. The predicted octanol–water partition coefficient (Wildman–Crippen LogP) is 1.66.